The highest BCUT2D eigenvalue weighted by Gasteiger charge is 2.00. The lowest BCUT2D eigenvalue weighted by Crippen LogP contribution is -2.03. The van der Waals surface area contributed by atoms with Crippen molar-refractivity contribution in [3.63, 3.8) is 0 Å². The van der Waals surface area contributed by atoms with Gasteiger partial charge >= 0.3 is 0 Å². The first-order valence-electron chi connectivity index (χ1n) is 4.06. The third-order valence-corrected chi connectivity index (χ3v) is 1.93. The fourth-order valence-electron chi connectivity index (χ4n) is 0.884. The standard InChI is InChI=1S/C8H17ClO/c1-2-3-4-5-6-8(9)7-10/h8,10H,2-7H2,1H3/t8-/m1/s1. The topological polar surface area (TPSA) is 20.2 Å². The quantitative estimate of drug-likeness (QED) is 0.473. The van der Waals surface area contributed by atoms with E-state index in [1.807, 2.05) is 0 Å². The van der Waals surface area contributed by atoms with Crippen LogP contribution in [0.1, 0.15) is 39.0 Å². The van der Waals surface area contributed by atoms with Gasteiger partial charge in [0.25, 0.3) is 0 Å². The molecule has 1 atom stereocenters. The average Bonchev–Trinajstić information content (AvgIpc) is 1.98. The van der Waals surface area contributed by atoms with Crippen LogP contribution >= 0.6 is 11.6 Å². The van der Waals surface area contributed by atoms with Crippen LogP contribution in [0.5, 0.6) is 0 Å². The Morgan fingerprint density at radius 3 is 2.50 bits per heavy atom. The van der Waals surface area contributed by atoms with Crippen molar-refractivity contribution in [1.29, 1.82) is 0 Å². The van der Waals surface area contributed by atoms with Gasteiger partial charge in [0.1, 0.15) is 0 Å². The highest BCUT2D eigenvalue weighted by molar-refractivity contribution is 6.20. The summed E-state index contributed by atoms with van der Waals surface area (Å²) in [5.74, 6) is 0. The molecular formula is C8H17ClO. The predicted molar refractivity (Wildman–Crippen MR) is 45.5 cm³/mol. The summed E-state index contributed by atoms with van der Waals surface area (Å²) in [4.78, 5) is 0. The number of hydrogen-bond acceptors (Lipinski definition) is 1. The normalized spacial score (nSPS) is 13.5. The van der Waals surface area contributed by atoms with Gasteiger partial charge in [-0.3, -0.25) is 0 Å². The maximum atomic E-state index is 8.56. The number of aliphatic hydroxyl groups excluding tert-OH is 1. The van der Waals surface area contributed by atoms with E-state index in [-0.39, 0.29) is 12.0 Å². The molecule has 1 nitrogen and oxygen atoms in total. The summed E-state index contributed by atoms with van der Waals surface area (Å²) in [5.41, 5.74) is 0. The minimum absolute atomic E-state index is 0.0168. The first-order valence-corrected chi connectivity index (χ1v) is 4.49. The molecule has 10 heavy (non-hydrogen) atoms. The third-order valence-electron chi connectivity index (χ3n) is 1.57. The zero-order valence-electron chi connectivity index (χ0n) is 6.65. The Morgan fingerprint density at radius 2 is 2.00 bits per heavy atom. The predicted octanol–water partition coefficient (Wildman–Crippen LogP) is 2.56. The van der Waals surface area contributed by atoms with E-state index in [2.05, 4.69) is 6.92 Å². The highest BCUT2D eigenvalue weighted by Crippen LogP contribution is 2.08. The molecule has 0 aliphatic heterocycles. The zero-order valence-corrected chi connectivity index (χ0v) is 7.40. The number of unbranched alkanes of at least 4 members (excludes halogenated alkanes) is 3. The minimum atomic E-state index is -0.0168. The van der Waals surface area contributed by atoms with Gasteiger partial charge in [-0.1, -0.05) is 32.6 Å². The molecule has 0 bridgehead atoms. The van der Waals surface area contributed by atoms with Gasteiger partial charge in [-0.05, 0) is 6.42 Å². The van der Waals surface area contributed by atoms with Crippen LogP contribution in [0.2, 0.25) is 0 Å². The first-order chi connectivity index (χ1) is 4.81. The molecule has 0 radical (unpaired) electrons. The molecule has 2 heteroatoms. The van der Waals surface area contributed by atoms with Gasteiger partial charge in [-0.25, -0.2) is 0 Å². The molecule has 0 saturated heterocycles. The summed E-state index contributed by atoms with van der Waals surface area (Å²) in [7, 11) is 0. The van der Waals surface area contributed by atoms with Crippen LogP contribution in [0.3, 0.4) is 0 Å². The van der Waals surface area contributed by atoms with E-state index in [0.717, 1.165) is 12.8 Å². The molecule has 0 unspecified atom stereocenters. The summed E-state index contributed by atoms with van der Waals surface area (Å²) < 4.78 is 0. The maximum absolute atomic E-state index is 8.56. The molecule has 0 heterocycles. The van der Waals surface area contributed by atoms with E-state index in [1.54, 1.807) is 0 Å². The number of aliphatic hydroxyl groups is 1. The minimum Gasteiger partial charge on any atom is -0.395 e. The summed E-state index contributed by atoms with van der Waals surface area (Å²) in [6, 6.07) is 0. The van der Waals surface area contributed by atoms with Crippen LogP contribution in [0, 0.1) is 0 Å². The zero-order chi connectivity index (χ0) is 7.82. The lowest BCUT2D eigenvalue weighted by atomic mass is 10.1. The second-order valence-electron chi connectivity index (χ2n) is 2.63. The number of rotatable bonds is 6. The lowest BCUT2D eigenvalue weighted by molar-refractivity contribution is 0.286. The van der Waals surface area contributed by atoms with Gasteiger partial charge in [-0.2, -0.15) is 0 Å². The molecule has 0 aliphatic rings. The fourth-order valence-corrected chi connectivity index (χ4v) is 1.04. The van der Waals surface area contributed by atoms with E-state index >= 15 is 0 Å². The van der Waals surface area contributed by atoms with Gasteiger partial charge in [0, 0.05) is 0 Å². The van der Waals surface area contributed by atoms with Crippen molar-refractivity contribution in [3.8, 4) is 0 Å². The molecule has 0 aliphatic carbocycles. The van der Waals surface area contributed by atoms with Crippen LogP contribution in [0.4, 0.5) is 0 Å². The molecule has 0 aromatic carbocycles. The summed E-state index contributed by atoms with van der Waals surface area (Å²) in [6.45, 7) is 2.30. The van der Waals surface area contributed by atoms with Crippen molar-refractivity contribution in [2.75, 3.05) is 6.61 Å². The van der Waals surface area contributed by atoms with Crippen molar-refractivity contribution >= 4 is 11.6 Å². The van der Waals surface area contributed by atoms with Gasteiger partial charge in [-0.15, -0.1) is 11.6 Å². The summed E-state index contributed by atoms with van der Waals surface area (Å²) in [6.07, 6.45) is 5.90. The lowest BCUT2D eigenvalue weighted by Gasteiger charge is -2.03. The summed E-state index contributed by atoms with van der Waals surface area (Å²) >= 11 is 5.69. The van der Waals surface area contributed by atoms with E-state index in [9.17, 15) is 0 Å². The Morgan fingerprint density at radius 1 is 1.30 bits per heavy atom. The largest absolute Gasteiger partial charge is 0.395 e. The molecule has 0 aromatic heterocycles. The van der Waals surface area contributed by atoms with Crippen molar-refractivity contribution in [3.05, 3.63) is 0 Å². The Hall–Kier alpha value is 0.250. The van der Waals surface area contributed by atoms with E-state index < -0.39 is 0 Å². The van der Waals surface area contributed by atoms with Gasteiger partial charge in [0.2, 0.25) is 0 Å². The smallest absolute Gasteiger partial charge is 0.0595 e. The molecule has 0 amide bonds. The van der Waals surface area contributed by atoms with E-state index in [4.69, 9.17) is 16.7 Å². The van der Waals surface area contributed by atoms with Crippen molar-refractivity contribution in [2.24, 2.45) is 0 Å². The molecule has 0 fully saturated rings. The van der Waals surface area contributed by atoms with Crippen LogP contribution in [0.25, 0.3) is 0 Å². The number of alkyl halides is 1. The van der Waals surface area contributed by atoms with Crippen molar-refractivity contribution in [2.45, 2.75) is 44.4 Å². The van der Waals surface area contributed by atoms with Crippen LogP contribution in [-0.4, -0.2) is 17.1 Å². The SMILES string of the molecule is CCCCCC[C@@H](Cl)CO. The number of halogens is 1. The molecular weight excluding hydrogens is 148 g/mol. The highest BCUT2D eigenvalue weighted by atomic mass is 35.5. The Balaban J connectivity index is 2.89. The third kappa shape index (κ3) is 6.37. The van der Waals surface area contributed by atoms with Crippen molar-refractivity contribution in [1.82, 2.24) is 0 Å². The maximum Gasteiger partial charge on any atom is 0.0595 e. The number of hydrogen-bond donors (Lipinski definition) is 1. The van der Waals surface area contributed by atoms with Crippen LogP contribution in [0.15, 0.2) is 0 Å². The van der Waals surface area contributed by atoms with Gasteiger partial charge in [0.05, 0.1) is 12.0 Å². The van der Waals surface area contributed by atoms with Crippen LogP contribution < -0.4 is 0 Å². The van der Waals surface area contributed by atoms with Crippen LogP contribution in [-0.2, 0) is 0 Å². The van der Waals surface area contributed by atoms with E-state index in [0.29, 0.717) is 0 Å². The molecule has 0 rings (SSSR count). The fraction of sp³-hybridized carbons (Fsp3) is 1.00. The second kappa shape index (κ2) is 7.36. The molecule has 1 N–H and O–H groups in total. The van der Waals surface area contributed by atoms with E-state index in [1.165, 1.54) is 19.3 Å². The Bertz CT molecular complexity index is 66.3. The Labute approximate surface area is 68.4 Å². The molecule has 0 spiro atoms. The summed E-state index contributed by atoms with van der Waals surface area (Å²) in [5, 5.41) is 8.54. The first kappa shape index (κ1) is 10.2. The monoisotopic (exact) mass is 164 g/mol. The van der Waals surface area contributed by atoms with Gasteiger partial charge in [0.15, 0.2) is 0 Å². The van der Waals surface area contributed by atoms with Crippen molar-refractivity contribution < 1.29 is 5.11 Å². The average molecular weight is 165 g/mol. The van der Waals surface area contributed by atoms with Gasteiger partial charge < -0.3 is 5.11 Å². The molecule has 0 saturated carbocycles. The molecule has 62 valence electrons. The Kier molecular flexibility index (Phi) is 7.54. The second-order valence-corrected chi connectivity index (χ2v) is 3.25. The molecule has 0 aromatic rings.